The van der Waals surface area contributed by atoms with Gasteiger partial charge >= 0.3 is 0 Å². The number of unbranched alkanes of at least 4 members (excludes halogenated alkanes) is 12. The van der Waals surface area contributed by atoms with Crippen LogP contribution in [0.25, 0.3) is 75.4 Å². The summed E-state index contributed by atoms with van der Waals surface area (Å²) in [4.78, 5) is 61.2. The standard InChI is InChI=1S/C58H62N2O4/c1-5-8-11-14-17-20-35(4)59-55(61)45-31-27-41-37-23-25-39-43-29-33-47-54-48(58(64)60(57(47)63)36(21-18-15-12-9-6-2)22-19-16-13-10-7-3)34-30-44(52(43)54)40-26-24-38(49(37)50(39)40)42-28-32-46(56(59)62)53(45)51(41)42/h23-36H,5-22H2,1-4H3. The van der Waals surface area contributed by atoms with Crippen molar-refractivity contribution in [3.8, 4) is 0 Å². The molecule has 8 aromatic carbocycles. The molecule has 1 unspecified atom stereocenters. The van der Waals surface area contributed by atoms with Gasteiger partial charge in [-0.05, 0) is 115 Å². The van der Waals surface area contributed by atoms with E-state index in [1.54, 1.807) is 4.90 Å². The molecule has 10 rings (SSSR count). The molecule has 8 aromatic rings. The van der Waals surface area contributed by atoms with Gasteiger partial charge in [-0.15, -0.1) is 0 Å². The Balaban J connectivity index is 1.07. The smallest absolute Gasteiger partial charge is 0.261 e. The van der Waals surface area contributed by atoms with Crippen molar-refractivity contribution >= 4 is 99.0 Å². The number of hydrogen-bond donors (Lipinski definition) is 0. The van der Waals surface area contributed by atoms with Crippen LogP contribution >= 0.6 is 0 Å². The van der Waals surface area contributed by atoms with Crippen LogP contribution in [0, 0.1) is 0 Å². The van der Waals surface area contributed by atoms with Gasteiger partial charge in [-0.25, -0.2) is 0 Å². The van der Waals surface area contributed by atoms with Crippen molar-refractivity contribution in [2.45, 2.75) is 155 Å². The van der Waals surface area contributed by atoms with Crippen molar-refractivity contribution in [1.29, 1.82) is 0 Å². The van der Waals surface area contributed by atoms with E-state index in [1.165, 1.54) is 62.7 Å². The summed E-state index contributed by atoms with van der Waals surface area (Å²) in [6, 6.07) is 24.8. The number of benzene rings is 8. The zero-order chi connectivity index (χ0) is 44.2. The lowest BCUT2D eigenvalue weighted by atomic mass is 9.80. The molecule has 0 saturated heterocycles. The fourth-order valence-corrected chi connectivity index (χ4v) is 12.0. The van der Waals surface area contributed by atoms with E-state index in [0.29, 0.717) is 22.3 Å². The highest BCUT2D eigenvalue weighted by atomic mass is 16.2. The number of rotatable bonds is 20. The van der Waals surface area contributed by atoms with Crippen LogP contribution < -0.4 is 0 Å². The topological polar surface area (TPSA) is 74.8 Å². The maximum Gasteiger partial charge on any atom is 0.261 e. The maximum absolute atomic E-state index is 14.7. The van der Waals surface area contributed by atoms with E-state index in [9.17, 15) is 19.2 Å². The molecule has 328 valence electrons. The molecule has 2 aliphatic rings. The molecule has 0 fully saturated rings. The maximum atomic E-state index is 14.7. The van der Waals surface area contributed by atoms with Crippen LogP contribution in [0.3, 0.4) is 0 Å². The summed E-state index contributed by atoms with van der Waals surface area (Å²) in [6.07, 6.45) is 19.7. The molecule has 1 atom stereocenters. The van der Waals surface area contributed by atoms with Crippen molar-refractivity contribution < 1.29 is 19.2 Å². The van der Waals surface area contributed by atoms with Crippen molar-refractivity contribution in [2.75, 3.05) is 0 Å². The van der Waals surface area contributed by atoms with Crippen LogP contribution in [-0.4, -0.2) is 45.5 Å². The predicted octanol–water partition coefficient (Wildman–Crippen LogP) is 15.7. The van der Waals surface area contributed by atoms with E-state index in [0.717, 1.165) is 133 Å². The van der Waals surface area contributed by atoms with Gasteiger partial charge in [0.2, 0.25) is 0 Å². The Morgan fingerprint density at radius 2 is 0.594 bits per heavy atom. The first-order valence-corrected chi connectivity index (χ1v) is 24.9. The molecular formula is C58H62N2O4. The molecule has 0 spiro atoms. The zero-order valence-electron chi connectivity index (χ0n) is 38.3. The first kappa shape index (κ1) is 42.3. The Morgan fingerprint density at radius 1 is 0.328 bits per heavy atom. The van der Waals surface area contributed by atoms with Crippen LogP contribution in [0.4, 0.5) is 0 Å². The molecule has 0 radical (unpaired) electrons. The number of fused-ring (bicyclic) bond motifs is 4. The SMILES string of the molecule is CCCCCCCC(C)N1C(=O)c2ccc3c4ccc5c6ccc7c8c(ccc(c9ccc(c%10ccc(c2c3%10)C1=O)c4c59)c86)C(=O)N(C(CCCCCCC)CCCCCCC)C7=O. The van der Waals surface area contributed by atoms with E-state index in [1.807, 2.05) is 31.2 Å². The molecule has 6 heteroatoms. The highest BCUT2D eigenvalue weighted by Crippen LogP contribution is 2.50. The molecule has 0 saturated carbocycles. The van der Waals surface area contributed by atoms with E-state index in [2.05, 4.69) is 69.3 Å². The Labute approximate surface area is 377 Å². The summed E-state index contributed by atoms with van der Waals surface area (Å²) in [5, 5.41) is 14.3. The highest BCUT2D eigenvalue weighted by Gasteiger charge is 2.39. The normalized spacial score (nSPS) is 14.9. The molecule has 0 aliphatic carbocycles. The summed E-state index contributed by atoms with van der Waals surface area (Å²) in [5.41, 5.74) is 2.46. The minimum atomic E-state index is -0.199. The van der Waals surface area contributed by atoms with Crippen LogP contribution in [0.1, 0.15) is 185 Å². The lowest BCUT2D eigenvalue weighted by molar-refractivity contribution is 0.0509. The second-order valence-electron chi connectivity index (χ2n) is 19.3. The second kappa shape index (κ2) is 17.4. The Bertz CT molecular complexity index is 2940. The van der Waals surface area contributed by atoms with Gasteiger partial charge in [0.15, 0.2) is 0 Å². The second-order valence-corrected chi connectivity index (χ2v) is 19.3. The summed E-state index contributed by atoms with van der Waals surface area (Å²) in [5.74, 6) is -0.707. The van der Waals surface area contributed by atoms with Crippen molar-refractivity contribution in [3.63, 3.8) is 0 Å². The third-order valence-electron chi connectivity index (χ3n) is 15.3. The summed E-state index contributed by atoms with van der Waals surface area (Å²) in [6.45, 7) is 8.68. The Hall–Kier alpha value is -5.62. The molecule has 0 aromatic heterocycles. The van der Waals surface area contributed by atoms with Gasteiger partial charge in [-0.1, -0.05) is 166 Å². The van der Waals surface area contributed by atoms with Crippen LogP contribution in [0.5, 0.6) is 0 Å². The summed E-state index contributed by atoms with van der Waals surface area (Å²) in [7, 11) is 0. The number of carbonyl (C=O) groups is 4. The van der Waals surface area contributed by atoms with Crippen molar-refractivity contribution in [2.24, 2.45) is 0 Å². The van der Waals surface area contributed by atoms with E-state index >= 15 is 0 Å². The van der Waals surface area contributed by atoms with Crippen LogP contribution in [0.2, 0.25) is 0 Å². The third kappa shape index (κ3) is 6.64. The van der Waals surface area contributed by atoms with Crippen LogP contribution in [-0.2, 0) is 0 Å². The highest BCUT2D eigenvalue weighted by molar-refractivity contribution is 6.45. The molecule has 0 bridgehead atoms. The van der Waals surface area contributed by atoms with Gasteiger partial charge in [0, 0.05) is 45.1 Å². The molecular weight excluding hydrogens is 789 g/mol. The first-order valence-electron chi connectivity index (χ1n) is 24.9. The largest absolute Gasteiger partial charge is 0.272 e. The van der Waals surface area contributed by atoms with Gasteiger partial charge in [0.1, 0.15) is 0 Å². The van der Waals surface area contributed by atoms with Gasteiger partial charge in [-0.2, -0.15) is 0 Å². The minimum Gasteiger partial charge on any atom is -0.272 e. The number of amides is 4. The number of hydrogen-bond acceptors (Lipinski definition) is 4. The lowest BCUT2D eigenvalue weighted by Gasteiger charge is -2.35. The Kier molecular flexibility index (Phi) is 11.5. The molecule has 64 heavy (non-hydrogen) atoms. The molecule has 2 heterocycles. The van der Waals surface area contributed by atoms with E-state index in [4.69, 9.17) is 0 Å². The van der Waals surface area contributed by atoms with Crippen molar-refractivity contribution in [3.05, 3.63) is 95.1 Å². The van der Waals surface area contributed by atoms with Gasteiger partial charge in [0.25, 0.3) is 23.6 Å². The molecule has 4 amide bonds. The quantitative estimate of drug-likeness (QED) is 0.0331. The van der Waals surface area contributed by atoms with Crippen molar-refractivity contribution in [1.82, 2.24) is 9.80 Å². The van der Waals surface area contributed by atoms with Gasteiger partial charge in [-0.3, -0.25) is 29.0 Å². The fraction of sp³-hybridized carbons (Fsp3) is 0.414. The molecule has 0 N–H and O–H groups in total. The monoisotopic (exact) mass is 850 g/mol. The number of imide groups is 2. The lowest BCUT2D eigenvalue weighted by Crippen LogP contribution is -2.47. The summed E-state index contributed by atoms with van der Waals surface area (Å²) < 4.78 is 0. The fourth-order valence-electron chi connectivity index (χ4n) is 12.0. The number of nitrogens with zero attached hydrogens (tertiary/aromatic N) is 2. The Morgan fingerprint density at radius 3 is 0.922 bits per heavy atom. The average molecular weight is 851 g/mol. The van der Waals surface area contributed by atoms with E-state index in [-0.39, 0.29) is 35.7 Å². The van der Waals surface area contributed by atoms with Gasteiger partial charge < -0.3 is 0 Å². The zero-order valence-corrected chi connectivity index (χ0v) is 38.3. The first-order chi connectivity index (χ1) is 31.3. The third-order valence-corrected chi connectivity index (χ3v) is 15.3. The minimum absolute atomic E-state index is 0.104. The predicted molar refractivity (Wildman–Crippen MR) is 266 cm³/mol. The van der Waals surface area contributed by atoms with Crippen LogP contribution in [0.15, 0.2) is 72.8 Å². The van der Waals surface area contributed by atoms with E-state index < -0.39 is 0 Å². The number of carbonyl (C=O) groups excluding carboxylic acids is 4. The summed E-state index contributed by atoms with van der Waals surface area (Å²) >= 11 is 0. The average Bonchev–Trinajstić information content (AvgIpc) is 3.31. The molecule has 2 aliphatic heterocycles. The molecule has 6 nitrogen and oxygen atoms in total. The van der Waals surface area contributed by atoms with Gasteiger partial charge in [0.05, 0.1) is 0 Å².